The molecule has 2 atom stereocenters. The Morgan fingerprint density at radius 3 is 2.82 bits per heavy atom. The van der Waals surface area contributed by atoms with Crippen LogP contribution in [0.2, 0.25) is 0 Å². The van der Waals surface area contributed by atoms with Gasteiger partial charge in [-0.1, -0.05) is 13.8 Å². The smallest absolute Gasteiger partial charge is 0.0794 e. The molecule has 0 amide bonds. The molecule has 94 valence electrons. The summed E-state index contributed by atoms with van der Waals surface area (Å²) in [6, 6.07) is 0.602. The SMILES string of the molecule is CC(C)NCC1(Cc2cncs2)CC2CC2C1. The molecule has 1 N–H and O–H groups in total. The maximum Gasteiger partial charge on any atom is 0.0794 e. The van der Waals surface area contributed by atoms with Gasteiger partial charge < -0.3 is 5.32 Å². The van der Waals surface area contributed by atoms with Crippen molar-refractivity contribution in [1.29, 1.82) is 0 Å². The topological polar surface area (TPSA) is 24.9 Å². The van der Waals surface area contributed by atoms with Gasteiger partial charge in [0.15, 0.2) is 0 Å². The molecule has 1 aromatic rings. The van der Waals surface area contributed by atoms with Gasteiger partial charge in [-0.25, -0.2) is 0 Å². The first-order valence-corrected chi connectivity index (χ1v) is 7.66. The van der Waals surface area contributed by atoms with Crippen LogP contribution in [0.15, 0.2) is 11.7 Å². The fourth-order valence-corrected chi connectivity index (χ4v) is 4.25. The van der Waals surface area contributed by atoms with Gasteiger partial charge in [-0.05, 0) is 42.9 Å². The highest BCUT2D eigenvalue weighted by atomic mass is 32.1. The minimum atomic E-state index is 0.532. The van der Waals surface area contributed by atoms with Gasteiger partial charge in [0.25, 0.3) is 0 Å². The van der Waals surface area contributed by atoms with Crippen molar-refractivity contribution < 1.29 is 0 Å². The van der Waals surface area contributed by atoms with Gasteiger partial charge in [0.1, 0.15) is 0 Å². The Morgan fingerprint density at radius 2 is 2.24 bits per heavy atom. The second-order valence-electron chi connectivity index (χ2n) is 6.34. The zero-order chi connectivity index (χ0) is 11.9. The van der Waals surface area contributed by atoms with E-state index in [1.807, 2.05) is 16.8 Å². The standard InChI is InChI=1S/C14H22N2S/c1-10(2)16-8-14(4-11-3-12(11)5-14)6-13-7-15-9-17-13/h7,9-12,16H,3-6,8H2,1-2H3. The van der Waals surface area contributed by atoms with Gasteiger partial charge in [-0.15, -0.1) is 11.3 Å². The largest absolute Gasteiger partial charge is 0.314 e. The second-order valence-corrected chi connectivity index (χ2v) is 7.32. The third-order valence-electron chi connectivity index (χ3n) is 4.38. The first-order chi connectivity index (χ1) is 8.17. The molecule has 2 nitrogen and oxygen atoms in total. The predicted molar refractivity (Wildman–Crippen MR) is 72.2 cm³/mol. The van der Waals surface area contributed by atoms with Crippen LogP contribution in [-0.4, -0.2) is 17.6 Å². The molecule has 2 aliphatic rings. The van der Waals surface area contributed by atoms with Crippen LogP contribution in [0.1, 0.15) is 38.0 Å². The van der Waals surface area contributed by atoms with E-state index in [4.69, 9.17) is 0 Å². The van der Waals surface area contributed by atoms with E-state index in [1.54, 1.807) is 0 Å². The van der Waals surface area contributed by atoms with Crippen LogP contribution in [0.25, 0.3) is 0 Å². The van der Waals surface area contributed by atoms with Crippen molar-refractivity contribution in [2.75, 3.05) is 6.54 Å². The van der Waals surface area contributed by atoms with Crippen molar-refractivity contribution in [1.82, 2.24) is 10.3 Å². The lowest BCUT2D eigenvalue weighted by Crippen LogP contribution is -2.38. The molecule has 0 aromatic carbocycles. The van der Waals surface area contributed by atoms with Crippen molar-refractivity contribution in [3.05, 3.63) is 16.6 Å². The van der Waals surface area contributed by atoms with E-state index in [-0.39, 0.29) is 0 Å². The second kappa shape index (κ2) is 4.36. The Bertz CT molecular complexity index is 362. The number of rotatable bonds is 5. The highest BCUT2D eigenvalue weighted by molar-refractivity contribution is 7.09. The van der Waals surface area contributed by atoms with E-state index in [0.29, 0.717) is 11.5 Å². The number of nitrogens with one attached hydrogen (secondary N) is 1. The maximum absolute atomic E-state index is 4.22. The highest BCUT2D eigenvalue weighted by Crippen LogP contribution is 2.60. The molecule has 2 unspecified atom stereocenters. The van der Waals surface area contributed by atoms with E-state index in [2.05, 4.69) is 30.3 Å². The van der Waals surface area contributed by atoms with Gasteiger partial charge in [0.05, 0.1) is 5.51 Å². The minimum Gasteiger partial charge on any atom is -0.314 e. The van der Waals surface area contributed by atoms with E-state index >= 15 is 0 Å². The summed E-state index contributed by atoms with van der Waals surface area (Å²) < 4.78 is 0. The summed E-state index contributed by atoms with van der Waals surface area (Å²) in [5.74, 6) is 2.11. The third-order valence-corrected chi connectivity index (χ3v) is 5.16. The monoisotopic (exact) mass is 250 g/mol. The van der Waals surface area contributed by atoms with Gasteiger partial charge in [-0.2, -0.15) is 0 Å². The van der Waals surface area contributed by atoms with Crippen LogP contribution in [0.5, 0.6) is 0 Å². The number of thiazole rings is 1. The molecule has 1 aromatic heterocycles. The molecule has 0 bridgehead atoms. The third kappa shape index (κ3) is 2.55. The lowest BCUT2D eigenvalue weighted by Gasteiger charge is -2.32. The van der Waals surface area contributed by atoms with Crippen LogP contribution >= 0.6 is 11.3 Å². The van der Waals surface area contributed by atoms with E-state index < -0.39 is 0 Å². The summed E-state index contributed by atoms with van der Waals surface area (Å²) >= 11 is 1.82. The molecule has 0 saturated heterocycles. The van der Waals surface area contributed by atoms with E-state index in [0.717, 1.165) is 11.8 Å². The Labute approximate surface area is 108 Å². The Morgan fingerprint density at radius 1 is 1.47 bits per heavy atom. The number of hydrogen-bond donors (Lipinski definition) is 1. The molecule has 0 spiro atoms. The molecular weight excluding hydrogens is 228 g/mol. The average Bonchev–Trinajstić information content (AvgIpc) is 2.73. The van der Waals surface area contributed by atoms with Gasteiger partial charge in [0, 0.05) is 23.7 Å². The Balaban J connectivity index is 1.68. The lowest BCUT2D eigenvalue weighted by molar-refractivity contribution is 0.243. The lowest BCUT2D eigenvalue weighted by atomic mass is 9.79. The van der Waals surface area contributed by atoms with Gasteiger partial charge in [0.2, 0.25) is 0 Å². The van der Waals surface area contributed by atoms with Crippen molar-refractivity contribution in [3.8, 4) is 0 Å². The van der Waals surface area contributed by atoms with E-state index in [1.165, 1.54) is 37.1 Å². The molecule has 2 saturated carbocycles. The number of aromatic nitrogens is 1. The van der Waals surface area contributed by atoms with Gasteiger partial charge in [-0.3, -0.25) is 4.98 Å². The van der Waals surface area contributed by atoms with Crippen molar-refractivity contribution >= 4 is 11.3 Å². The molecule has 1 heterocycles. The zero-order valence-corrected chi connectivity index (χ0v) is 11.6. The quantitative estimate of drug-likeness (QED) is 0.868. The summed E-state index contributed by atoms with van der Waals surface area (Å²) in [6.45, 7) is 5.68. The highest BCUT2D eigenvalue weighted by Gasteiger charge is 2.53. The molecule has 2 fully saturated rings. The van der Waals surface area contributed by atoms with Crippen molar-refractivity contribution in [3.63, 3.8) is 0 Å². The summed E-state index contributed by atoms with van der Waals surface area (Å²) in [7, 11) is 0. The molecule has 17 heavy (non-hydrogen) atoms. The Hall–Kier alpha value is -0.410. The van der Waals surface area contributed by atoms with Crippen molar-refractivity contribution in [2.24, 2.45) is 17.3 Å². The fourth-order valence-electron chi connectivity index (χ4n) is 3.48. The van der Waals surface area contributed by atoms with Gasteiger partial charge >= 0.3 is 0 Å². The van der Waals surface area contributed by atoms with Crippen LogP contribution < -0.4 is 5.32 Å². The molecule has 0 aliphatic heterocycles. The van der Waals surface area contributed by atoms with Crippen LogP contribution in [-0.2, 0) is 6.42 Å². The summed E-state index contributed by atoms with van der Waals surface area (Å²) in [5.41, 5.74) is 2.50. The first-order valence-electron chi connectivity index (χ1n) is 6.78. The summed E-state index contributed by atoms with van der Waals surface area (Å²) in [6.07, 6.45) is 7.69. The molecule has 3 heteroatoms. The average molecular weight is 250 g/mol. The molecule has 0 radical (unpaired) electrons. The van der Waals surface area contributed by atoms with Crippen LogP contribution in [0, 0.1) is 17.3 Å². The molecule has 3 rings (SSSR count). The van der Waals surface area contributed by atoms with Crippen molar-refractivity contribution in [2.45, 2.75) is 45.6 Å². The van der Waals surface area contributed by atoms with Crippen LogP contribution in [0.4, 0.5) is 0 Å². The zero-order valence-electron chi connectivity index (χ0n) is 10.8. The van der Waals surface area contributed by atoms with E-state index in [9.17, 15) is 0 Å². The molecule has 2 aliphatic carbocycles. The maximum atomic E-state index is 4.22. The summed E-state index contributed by atoms with van der Waals surface area (Å²) in [5, 5.41) is 3.67. The Kier molecular flexibility index (Phi) is 2.99. The predicted octanol–water partition coefficient (Wildman–Crippen LogP) is 3.10. The number of fused-ring (bicyclic) bond motifs is 1. The molecular formula is C14H22N2S. The minimum absolute atomic E-state index is 0.532. The van der Waals surface area contributed by atoms with Crippen LogP contribution in [0.3, 0.4) is 0 Å². The first kappa shape index (κ1) is 11.7. The number of nitrogens with zero attached hydrogens (tertiary/aromatic N) is 1. The summed E-state index contributed by atoms with van der Waals surface area (Å²) in [4.78, 5) is 5.69. The number of hydrogen-bond acceptors (Lipinski definition) is 3. The normalized spacial score (nSPS) is 35.2. The fraction of sp³-hybridized carbons (Fsp3) is 0.786.